The molecule has 1 atom stereocenters. The number of aromatic nitrogens is 1. The predicted octanol–water partition coefficient (Wildman–Crippen LogP) is 1.57. The van der Waals surface area contributed by atoms with Crippen LogP contribution in [0.1, 0.15) is 43.4 Å². The third-order valence-corrected chi connectivity index (χ3v) is 6.12. The fourth-order valence-electron chi connectivity index (χ4n) is 4.66. The average Bonchev–Trinajstić information content (AvgIpc) is 3.15. The lowest BCUT2D eigenvalue weighted by molar-refractivity contribution is 0.0742. The van der Waals surface area contributed by atoms with Gasteiger partial charge in [-0.15, -0.1) is 0 Å². The summed E-state index contributed by atoms with van der Waals surface area (Å²) in [6.07, 6.45) is 8.07. The minimum atomic E-state index is 0.175. The summed E-state index contributed by atoms with van der Waals surface area (Å²) in [6, 6.07) is 4.99. The molecule has 0 spiro atoms. The van der Waals surface area contributed by atoms with Crippen LogP contribution in [0.15, 0.2) is 16.9 Å². The normalized spacial score (nSPS) is 25.2. The lowest BCUT2D eigenvalue weighted by Gasteiger charge is -2.32. The van der Waals surface area contributed by atoms with E-state index in [9.17, 15) is 4.79 Å². The molecule has 0 bridgehead atoms. The van der Waals surface area contributed by atoms with Gasteiger partial charge in [0.15, 0.2) is 0 Å². The number of ether oxygens (including phenoxy) is 1. The summed E-state index contributed by atoms with van der Waals surface area (Å²) in [7, 11) is 0. The zero-order chi connectivity index (χ0) is 17.1. The van der Waals surface area contributed by atoms with Gasteiger partial charge in [0, 0.05) is 50.1 Å². The molecule has 5 nitrogen and oxygen atoms in total. The van der Waals surface area contributed by atoms with E-state index >= 15 is 0 Å². The van der Waals surface area contributed by atoms with Crippen LogP contribution >= 0.6 is 0 Å². The summed E-state index contributed by atoms with van der Waals surface area (Å²) in [4.78, 5) is 14.9. The highest BCUT2D eigenvalue weighted by atomic mass is 16.5. The molecule has 2 aliphatic heterocycles. The van der Waals surface area contributed by atoms with Gasteiger partial charge in [0.2, 0.25) is 0 Å². The second-order valence-electron chi connectivity index (χ2n) is 7.84. The number of hydrogen-bond acceptors (Lipinski definition) is 4. The molecule has 138 valence electrons. The lowest BCUT2D eigenvalue weighted by Crippen LogP contribution is -2.45. The fraction of sp³-hybridized carbons (Fsp3) is 0.750. The van der Waals surface area contributed by atoms with Crippen molar-refractivity contribution in [1.82, 2.24) is 14.8 Å². The summed E-state index contributed by atoms with van der Waals surface area (Å²) in [6.45, 7) is 6.02. The molecule has 1 aliphatic carbocycles. The van der Waals surface area contributed by atoms with Crippen LogP contribution in [0.3, 0.4) is 0 Å². The summed E-state index contributed by atoms with van der Waals surface area (Å²) in [5.74, 6) is 0. The quantitative estimate of drug-likeness (QED) is 0.880. The molecule has 1 aromatic rings. The van der Waals surface area contributed by atoms with Crippen LogP contribution in [0.2, 0.25) is 0 Å². The third-order valence-electron chi connectivity index (χ3n) is 6.12. The predicted molar refractivity (Wildman–Crippen MR) is 99.2 cm³/mol. The van der Waals surface area contributed by atoms with E-state index in [2.05, 4.69) is 20.9 Å². The van der Waals surface area contributed by atoms with E-state index in [0.29, 0.717) is 12.1 Å². The van der Waals surface area contributed by atoms with Crippen LogP contribution in [-0.2, 0) is 24.1 Å². The van der Waals surface area contributed by atoms with Gasteiger partial charge in [-0.2, -0.15) is 0 Å². The SMILES string of the molecule is O=c1ccc2c(n1CCN1CCCC1)CC[C@H](NC1CCOCC1)C2. The van der Waals surface area contributed by atoms with Crippen molar-refractivity contribution in [2.45, 2.75) is 63.6 Å². The highest BCUT2D eigenvalue weighted by Gasteiger charge is 2.24. The number of nitrogens with zero attached hydrogens (tertiary/aromatic N) is 2. The highest BCUT2D eigenvalue weighted by molar-refractivity contribution is 5.25. The van der Waals surface area contributed by atoms with Crippen molar-refractivity contribution < 1.29 is 4.74 Å². The van der Waals surface area contributed by atoms with Gasteiger partial charge in [0.05, 0.1) is 0 Å². The van der Waals surface area contributed by atoms with E-state index in [0.717, 1.165) is 58.4 Å². The Bertz CT molecular complexity index is 630. The lowest BCUT2D eigenvalue weighted by atomic mass is 9.90. The second kappa shape index (κ2) is 8.02. The van der Waals surface area contributed by atoms with Crippen molar-refractivity contribution in [2.24, 2.45) is 0 Å². The summed E-state index contributed by atoms with van der Waals surface area (Å²) < 4.78 is 7.51. The van der Waals surface area contributed by atoms with Crippen LogP contribution in [0.25, 0.3) is 0 Å². The van der Waals surface area contributed by atoms with E-state index in [1.165, 1.54) is 37.2 Å². The Labute approximate surface area is 150 Å². The van der Waals surface area contributed by atoms with Crippen LogP contribution < -0.4 is 10.9 Å². The zero-order valence-electron chi connectivity index (χ0n) is 15.2. The molecular weight excluding hydrogens is 314 g/mol. The first-order chi connectivity index (χ1) is 12.3. The Morgan fingerprint density at radius 2 is 1.84 bits per heavy atom. The summed E-state index contributed by atoms with van der Waals surface area (Å²) in [5.41, 5.74) is 2.84. The van der Waals surface area contributed by atoms with E-state index in [-0.39, 0.29) is 5.56 Å². The van der Waals surface area contributed by atoms with Crippen LogP contribution in [0, 0.1) is 0 Å². The van der Waals surface area contributed by atoms with Crippen molar-refractivity contribution in [1.29, 1.82) is 0 Å². The van der Waals surface area contributed by atoms with Gasteiger partial charge >= 0.3 is 0 Å². The topological polar surface area (TPSA) is 46.5 Å². The molecule has 3 heterocycles. The third kappa shape index (κ3) is 4.15. The minimum Gasteiger partial charge on any atom is -0.381 e. The molecule has 4 rings (SSSR count). The van der Waals surface area contributed by atoms with Gasteiger partial charge in [-0.3, -0.25) is 4.79 Å². The molecule has 1 N–H and O–H groups in total. The van der Waals surface area contributed by atoms with Gasteiger partial charge in [0.25, 0.3) is 5.56 Å². The number of nitrogens with one attached hydrogen (secondary N) is 1. The average molecular weight is 345 g/mol. The Balaban J connectivity index is 1.41. The summed E-state index contributed by atoms with van der Waals surface area (Å²) >= 11 is 0. The van der Waals surface area contributed by atoms with Gasteiger partial charge in [-0.25, -0.2) is 0 Å². The number of hydrogen-bond donors (Lipinski definition) is 1. The molecular formula is C20H31N3O2. The molecule has 2 saturated heterocycles. The van der Waals surface area contributed by atoms with Crippen molar-refractivity contribution in [2.75, 3.05) is 32.8 Å². The van der Waals surface area contributed by atoms with Crippen molar-refractivity contribution in [3.63, 3.8) is 0 Å². The smallest absolute Gasteiger partial charge is 0.250 e. The molecule has 2 fully saturated rings. The maximum Gasteiger partial charge on any atom is 0.250 e. The minimum absolute atomic E-state index is 0.175. The Kier molecular flexibility index (Phi) is 5.54. The number of likely N-dealkylation sites (tertiary alicyclic amines) is 1. The van der Waals surface area contributed by atoms with Crippen LogP contribution in [-0.4, -0.2) is 54.4 Å². The first-order valence-electron chi connectivity index (χ1n) is 10.1. The number of rotatable bonds is 5. The standard InChI is InChI=1S/C20H31N3O2/c24-20-6-3-16-15-18(21-17-7-13-25-14-8-17)4-5-19(16)23(20)12-11-22-9-1-2-10-22/h3,6,17-18,21H,1-2,4-5,7-15H2/t18-/m0/s1. The van der Waals surface area contributed by atoms with Crippen LogP contribution in [0.5, 0.6) is 0 Å². The largest absolute Gasteiger partial charge is 0.381 e. The molecule has 1 aromatic heterocycles. The van der Waals surface area contributed by atoms with E-state index in [1.54, 1.807) is 6.07 Å². The van der Waals surface area contributed by atoms with Crippen LogP contribution in [0.4, 0.5) is 0 Å². The fourth-order valence-corrected chi connectivity index (χ4v) is 4.66. The first-order valence-corrected chi connectivity index (χ1v) is 10.1. The maximum absolute atomic E-state index is 12.4. The molecule has 0 saturated carbocycles. The molecule has 0 amide bonds. The zero-order valence-corrected chi connectivity index (χ0v) is 15.2. The van der Waals surface area contributed by atoms with Crippen molar-refractivity contribution >= 4 is 0 Å². The Hall–Kier alpha value is -1.17. The number of fused-ring (bicyclic) bond motifs is 1. The first kappa shape index (κ1) is 17.3. The van der Waals surface area contributed by atoms with Gasteiger partial charge in [-0.05, 0) is 63.6 Å². The summed E-state index contributed by atoms with van der Waals surface area (Å²) in [5, 5.41) is 3.83. The molecule has 0 aromatic carbocycles. The Morgan fingerprint density at radius 3 is 2.64 bits per heavy atom. The monoisotopic (exact) mass is 345 g/mol. The molecule has 5 heteroatoms. The number of pyridine rings is 1. The Morgan fingerprint density at radius 1 is 1.04 bits per heavy atom. The van der Waals surface area contributed by atoms with Crippen molar-refractivity contribution in [3.8, 4) is 0 Å². The molecule has 0 unspecified atom stereocenters. The maximum atomic E-state index is 12.4. The second-order valence-corrected chi connectivity index (χ2v) is 7.84. The van der Waals surface area contributed by atoms with Gasteiger partial charge in [0.1, 0.15) is 0 Å². The molecule has 0 radical (unpaired) electrons. The van der Waals surface area contributed by atoms with Gasteiger partial charge in [-0.1, -0.05) is 6.07 Å². The highest BCUT2D eigenvalue weighted by Crippen LogP contribution is 2.22. The van der Waals surface area contributed by atoms with E-state index in [4.69, 9.17) is 4.74 Å². The molecule has 3 aliphatic rings. The van der Waals surface area contributed by atoms with E-state index < -0.39 is 0 Å². The van der Waals surface area contributed by atoms with Crippen molar-refractivity contribution in [3.05, 3.63) is 33.7 Å². The van der Waals surface area contributed by atoms with Gasteiger partial charge < -0.3 is 19.5 Å². The van der Waals surface area contributed by atoms with E-state index in [1.807, 2.05) is 0 Å². The molecule has 25 heavy (non-hydrogen) atoms.